The lowest BCUT2D eigenvalue weighted by atomic mass is 10.1. The fourth-order valence-corrected chi connectivity index (χ4v) is 4.14. The zero-order chi connectivity index (χ0) is 20.3. The van der Waals surface area contributed by atoms with E-state index in [0.29, 0.717) is 32.7 Å². The van der Waals surface area contributed by atoms with Gasteiger partial charge in [-0.15, -0.1) is 0 Å². The van der Waals surface area contributed by atoms with E-state index in [1.807, 2.05) is 13.0 Å². The van der Waals surface area contributed by atoms with Gasteiger partial charge in [0.25, 0.3) is 0 Å². The Morgan fingerprint density at radius 3 is 2.43 bits per heavy atom. The number of hydrogen-bond donors (Lipinski definition) is 0. The molecule has 2 aliphatic rings. The average molecular weight is 386 g/mol. The van der Waals surface area contributed by atoms with Crippen LogP contribution in [0.15, 0.2) is 18.2 Å². The predicted molar refractivity (Wildman–Crippen MR) is 109 cm³/mol. The molecule has 1 aromatic rings. The molecule has 2 aliphatic heterocycles. The van der Waals surface area contributed by atoms with Crippen molar-refractivity contribution in [3.05, 3.63) is 23.8 Å². The van der Waals surface area contributed by atoms with Gasteiger partial charge in [-0.2, -0.15) is 0 Å². The topological polar surface area (TPSA) is 64.2 Å². The molecule has 0 bridgehead atoms. The van der Waals surface area contributed by atoms with Gasteiger partial charge in [-0.3, -0.25) is 14.4 Å². The third-order valence-corrected chi connectivity index (χ3v) is 5.85. The van der Waals surface area contributed by atoms with Gasteiger partial charge in [-0.1, -0.05) is 0 Å². The van der Waals surface area contributed by atoms with Crippen LogP contribution in [0.2, 0.25) is 0 Å². The minimum absolute atomic E-state index is 0.00330. The van der Waals surface area contributed by atoms with Crippen LogP contribution in [-0.4, -0.2) is 73.8 Å². The second-order valence-electron chi connectivity index (χ2n) is 7.52. The molecular weight excluding hydrogens is 356 g/mol. The average Bonchev–Trinajstić information content (AvgIpc) is 3.10. The van der Waals surface area contributed by atoms with E-state index in [0.717, 1.165) is 36.4 Å². The Labute approximate surface area is 166 Å². The highest BCUT2D eigenvalue weighted by Gasteiger charge is 2.38. The molecule has 0 radical (unpaired) electrons. The van der Waals surface area contributed by atoms with Gasteiger partial charge >= 0.3 is 0 Å². The van der Waals surface area contributed by atoms with Crippen LogP contribution >= 0.6 is 0 Å². The largest absolute Gasteiger partial charge is 0.372 e. The number of piperazine rings is 1. The number of carbonyl (C=O) groups excluding carboxylic acids is 3. The highest BCUT2D eigenvalue weighted by atomic mass is 16.2. The Balaban J connectivity index is 1.69. The van der Waals surface area contributed by atoms with Crippen LogP contribution in [0.4, 0.5) is 11.4 Å². The van der Waals surface area contributed by atoms with Crippen LogP contribution in [0.5, 0.6) is 0 Å². The molecule has 3 rings (SSSR count). The van der Waals surface area contributed by atoms with E-state index in [4.69, 9.17) is 0 Å². The molecule has 7 heteroatoms. The SMILES string of the molecule is CCN(CC)c1ccc(N2CC(C(=O)N3CCN(C=O)CC3)CC2=O)c(C)c1. The van der Waals surface area contributed by atoms with E-state index in [-0.39, 0.29) is 24.2 Å². The number of anilines is 2. The zero-order valence-electron chi connectivity index (χ0n) is 17.1. The molecule has 1 aromatic carbocycles. The van der Waals surface area contributed by atoms with Gasteiger partial charge < -0.3 is 19.6 Å². The van der Waals surface area contributed by atoms with E-state index < -0.39 is 0 Å². The van der Waals surface area contributed by atoms with Gasteiger partial charge in [0.1, 0.15) is 0 Å². The molecule has 2 heterocycles. The van der Waals surface area contributed by atoms with Crippen molar-refractivity contribution < 1.29 is 14.4 Å². The Hall–Kier alpha value is -2.57. The number of aryl methyl sites for hydroxylation is 1. The number of hydrogen-bond acceptors (Lipinski definition) is 4. The maximum Gasteiger partial charge on any atom is 0.228 e. The highest BCUT2D eigenvalue weighted by molar-refractivity contribution is 6.01. The smallest absolute Gasteiger partial charge is 0.228 e. The molecule has 152 valence electrons. The Morgan fingerprint density at radius 1 is 1.18 bits per heavy atom. The van der Waals surface area contributed by atoms with Crippen molar-refractivity contribution in [1.29, 1.82) is 0 Å². The second kappa shape index (κ2) is 8.63. The summed E-state index contributed by atoms with van der Waals surface area (Å²) in [5.41, 5.74) is 3.09. The fourth-order valence-electron chi connectivity index (χ4n) is 4.14. The van der Waals surface area contributed by atoms with Crippen LogP contribution < -0.4 is 9.80 Å². The number of amides is 3. The second-order valence-corrected chi connectivity index (χ2v) is 7.52. The van der Waals surface area contributed by atoms with Crippen molar-refractivity contribution in [2.45, 2.75) is 27.2 Å². The Bertz CT molecular complexity index is 739. The monoisotopic (exact) mass is 386 g/mol. The van der Waals surface area contributed by atoms with Crippen LogP contribution in [0, 0.1) is 12.8 Å². The van der Waals surface area contributed by atoms with Crippen molar-refractivity contribution in [1.82, 2.24) is 9.80 Å². The summed E-state index contributed by atoms with van der Waals surface area (Å²) in [7, 11) is 0. The van der Waals surface area contributed by atoms with E-state index >= 15 is 0 Å². The van der Waals surface area contributed by atoms with Crippen LogP contribution in [0.1, 0.15) is 25.8 Å². The molecule has 7 nitrogen and oxygen atoms in total. The van der Waals surface area contributed by atoms with E-state index in [2.05, 4.69) is 30.9 Å². The van der Waals surface area contributed by atoms with E-state index in [1.165, 1.54) is 0 Å². The lowest BCUT2D eigenvalue weighted by Crippen LogP contribution is -2.50. The first-order chi connectivity index (χ1) is 13.5. The van der Waals surface area contributed by atoms with Gasteiger partial charge in [-0.05, 0) is 44.5 Å². The number of nitrogens with zero attached hydrogens (tertiary/aromatic N) is 4. The standard InChI is InChI=1S/C21H30N4O3/c1-4-23(5-2)18-6-7-19(16(3)12-18)25-14-17(13-20(25)27)21(28)24-10-8-22(15-26)9-11-24/h6-7,12,15,17H,4-5,8-11,13-14H2,1-3H3. The summed E-state index contributed by atoms with van der Waals surface area (Å²) in [4.78, 5) is 43.8. The minimum Gasteiger partial charge on any atom is -0.372 e. The van der Waals surface area contributed by atoms with Gasteiger partial charge in [0, 0.05) is 63.6 Å². The number of benzene rings is 1. The fraction of sp³-hybridized carbons (Fsp3) is 0.571. The normalized spacial score (nSPS) is 19.9. The third-order valence-electron chi connectivity index (χ3n) is 5.85. The molecule has 2 fully saturated rings. The molecule has 0 N–H and O–H groups in total. The van der Waals surface area contributed by atoms with Crippen LogP contribution in [0.25, 0.3) is 0 Å². The van der Waals surface area contributed by atoms with Crippen LogP contribution in [-0.2, 0) is 14.4 Å². The van der Waals surface area contributed by atoms with Gasteiger partial charge in [-0.25, -0.2) is 0 Å². The summed E-state index contributed by atoms with van der Waals surface area (Å²) >= 11 is 0. The summed E-state index contributed by atoms with van der Waals surface area (Å²) in [6.45, 7) is 10.8. The third kappa shape index (κ3) is 3.98. The first-order valence-electron chi connectivity index (χ1n) is 10.1. The highest BCUT2D eigenvalue weighted by Crippen LogP contribution is 2.31. The molecule has 28 heavy (non-hydrogen) atoms. The Kier molecular flexibility index (Phi) is 6.21. The molecule has 0 aromatic heterocycles. The van der Waals surface area contributed by atoms with Crippen molar-refractivity contribution >= 4 is 29.6 Å². The Morgan fingerprint density at radius 2 is 1.86 bits per heavy atom. The number of carbonyl (C=O) groups is 3. The van der Waals surface area contributed by atoms with E-state index in [9.17, 15) is 14.4 Å². The maximum atomic E-state index is 12.9. The van der Waals surface area contributed by atoms with E-state index in [1.54, 1.807) is 14.7 Å². The number of rotatable bonds is 6. The molecule has 0 aliphatic carbocycles. The molecule has 1 unspecified atom stereocenters. The first-order valence-corrected chi connectivity index (χ1v) is 10.1. The first kappa shape index (κ1) is 20.2. The lowest BCUT2D eigenvalue weighted by molar-refractivity contribution is -0.139. The molecule has 0 spiro atoms. The molecule has 3 amide bonds. The summed E-state index contributed by atoms with van der Waals surface area (Å²) in [5.74, 6) is -0.278. The summed E-state index contributed by atoms with van der Waals surface area (Å²) in [6.07, 6.45) is 1.08. The minimum atomic E-state index is -0.308. The van der Waals surface area contributed by atoms with Crippen LogP contribution in [0.3, 0.4) is 0 Å². The van der Waals surface area contributed by atoms with Crippen molar-refractivity contribution in [2.75, 3.05) is 55.6 Å². The molecule has 0 saturated carbocycles. The van der Waals surface area contributed by atoms with Crippen molar-refractivity contribution in [2.24, 2.45) is 5.92 Å². The molecule has 1 atom stereocenters. The molecule has 2 saturated heterocycles. The maximum absolute atomic E-state index is 12.9. The van der Waals surface area contributed by atoms with Gasteiger partial charge in [0.2, 0.25) is 18.2 Å². The van der Waals surface area contributed by atoms with Crippen molar-refractivity contribution in [3.8, 4) is 0 Å². The molecular formula is C21H30N4O3. The quantitative estimate of drug-likeness (QED) is 0.695. The summed E-state index contributed by atoms with van der Waals surface area (Å²) in [6, 6.07) is 6.16. The van der Waals surface area contributed by atoms with Gasteiger partial charge in [0.15, 0.2) is 0 Å². The predicted octanol–water partition coefficient (Wildman–Crippen LogP) is 1.49. The summed E-state index contributed by atoms with van der Waals surface area (Å²) < 4.78 is 0. The zero-order valence-corrected chi connectivity index (χ0v) is 17.1. The van der Waals surface area contributed by atoms with Crippen molar-refractivity contribution in [3.63, 3.8) is 0 Å². The van der Waals surface area contributed by atoms with Gasteiger partial charge in [0.05, 0.1) is 5.92 Å². The summed E-state index contributed by atoms with van der Waals surface area (Å²) in [5, 5.41) is 0. The lowest BCUT2D eigenvalue weighted by Gasteiger charge is -2.34.